The molecule has 0 saturated carbocycles. The largest absolute Gasteiger partial charge is 0.466 e. The molecule has 0 saturated heterocycles. The number of hydrogen-bond donors (Lipinski definition) is 1. The molecule has 1 aliphatic heterocycles. The molecule has 0 bridgehead atoms. The van der Waals surface area contributed by atoms with E-state index in [-0.39, 0.29) is 18.4 Å². The maximum atomic E-state index is 11.2. The van der Waals surface area contributed by atoms with Gasteiger partial charge in [-0.05, 0) is 32.8 Å². The van der Waals surface area contributed by atoms with Crippen LogP contribution >= 0.6 is 0 Å². The Labute approximate surface area is 107 Å². The summed E-state index contributed by atoms with van der Waals surface area (Å²) in [6.07, 6.45) is 4.00. The van der Waals surface area contributed by atoms with Crippen molar-refractivity contribution >= 4 is 11.7 Å². The van der Waals surface area contributed by atoms with Crippen LogP contribution in [0.3, 0.4) is 0 Å². The van der Waals surface area contributed by atoms with Crippen molar-refractivity contribution in [3.8, 4) is 0 Å². The van der Waals surface area contributed by atoms with Crippen molar-refractivity contribution in [2.24, 2.45) is 15.3 Å². The number of nitrogens with one attached hydrogen (secondary N) is 1. The van der Waals surface area contributed by atoms with Crippen molar-refractivity contribution in [2.75, 3.05) is 6.61 Å². The lowest BCUT2D eigenvalue weighted by Gasteiger charge is -2.11. The van der Waals surface area contributed by atoms with Crippen molar-refractivity contribution in [1.29, 1.82) is 0 Å². The Morgan fingerprint density at radius 3 is 2.94 bits per heavy atom. The van der Waals surface area contributed by atoms with Gasteiger partial charge < -0.3 is 4.74 Å². The number of hydrogen-bond acceptors (Lipinski definition) is 6. The van der Waals surface area contributed by atoms with E-state index in [1.165, 1.54) is 0 Å². The lowest BCUT2D eigenvalue weighted by Crippen LogP contribution is -2.14. The third kappa shape index (κ3) is 5.07. The van der Waals surface area contributed by atoms with Gasteiger partial charge >= 0.3 is 5.97 Å². The van der Waals surface area contributed by atoms with Crippen LogP contribution in [0.2, 0.25) is 0 Å². The minimum Gasteiger partial charge on any atom is -0.466 e. The molecule has 1 aliphatic rings. The van der Waals surface area contributed by atoms with Crippen LogP contribution in [0.1, 0.15) is 40.0 Å². The lowest BCUT2D eigenvalue weighted by atomic mass is 10.1. The fourth-order valence-corrected chi connectivity index (χ4v) is 1.41. The Kier molecular flexibility index (Phi) is 6.04. The van der Waals surface area contributed by atoms with Gasteiger partial charge in [-0.3, -0.25) is 10.2 Å². The molecule has 6 heteroatoms. The highest BCUT2D eigenvalue weighted by molar-refractivity contribution is 5.97. The SMILES string of the molecule is CCOC(=O)C/C(C)=N\NC1=CCC(CC)N=N1. The normalized spacial score (nSPS) is 19.4. The number of ether oxygens (including phenoxy) is 1. The topological polar surface area (TPSA) is 75.4 Å². The molecule has 1 atom stereocenters. The first-order valence-corrected chi connectivity index (χ1v) is 6.21. The summed E-state index contributed by atoms with van der Waals surface area (Å²) < 4.78 is 4.83. The van der Waals surface area contributed by atoms with Gasteiger partial charge in [-0.2, -0.15) is 10.2 Å². The van der Waals surface area contributed by atoms with E-state index < -0.39 is 0 Å². The molecular weight excluding hydrogens is 232 g/mol. The maximum Gasteiger partial charge on any atom is 0.311 e. The minimum atomic E-state index is -0.272. The van der Waals surface area contributed by atoms with Crippen LogP contribution in [-0.4, -0.2) is 24.3 Å². The second-order valence-corrected chi connectivity index (χ2v) is 4.04. The number of azo groups is 1. The summed E-state index contributed by atoms with van der Waals surface area (Å²) in [5, 5.41) is 12.2. The Morgan fingerprint density at radius 2 is 2.39 bits per heavy atom. The van der Waals surface area contributed by atoms with E-state index in [4.69, 9.17) is 4.74 Å². The van der Waals surface area contributed by atoms with Gasteiger partial charge in [0.2, 0.25) is 0 Å². The van der Waals surface area contributed by atoms with Crippen molar-refractivity contribution in [1.82, 2.24) is 5.43 Å². The molecule has 1 N–H and O–H groups in total. The van der Waals surface area contributed by atoms with E-state index >= 15 is 0 Å². The van der Waals surface area contributed by atoms with E-state index in [2.05, 4.69) is 27.7 Å². The second-order valence-electron chi connectivity index (χ2n) is 4.04. The van der Waals surface area contributed by atoms with Crippen LogP contribution in [0.15, 0.2) is 27.2 Å². The van der Waals surface area contributed by atoms with Gasteiger partial charge in [0.25, 0.3) is 0 Å². The molecule has 0 spiro atoms. The second kappa shape index (κ2) is 7.58. The molecule has 0 aromatic carbocycles. The number of hydrazone groups is 1. The summed E-state index contributed by atoms with van der Waals surface area (Å²) in [7, 11) is 0. The first kappa shape index (κ1) is 14.3. The molecule has 100 valence electrons. The van der Waals surface area contributed by atoms with Crippen LogP contribution in [0.4, 0.5) is 0 Å². The third-order valence-electron chi connectivity index (χ3n) is 2.45. The van der Waals surface area contributed by atoms with Crippen LogP contribution in [0.5, 0.6) is 0 Å². The molecule has 6 nitrogen and oxygen atoms in total. The van der Waals surface area contributed by atoms with Crippen LogP contribution in [0.25, 0.3) is 0 Å². The molecular formula is C12H20N4O2. The smallest absolute Gasteiger partial charge is 0.311 e. The van der Waals surface area contributed by atoms with Gasteiger partial charge in [-0.25, -0.2) is 0 Å². The number of carbonyl (C=O) groups is 1. The molecule has 0 radical (unpaired) electrons. The Balaban J connectivity index is 2.38. The minimum absolute atomic E-state index is 0.183. The van der Waals surface area contributed by atoms with Gasteiger partial charge in [0.15, 0.2) is 5.82 Å². The fourth-order valence-electron chi connectivity index (χ4n) is 1.41. The van der Waals surface area contributed by atoms with E-state index in [9.17, 15) is 4.79 Å². The van der Waals surface area contributed by atoms with Crippen LogP contribution in [-0.2, 0) is 9.53 Å². The Morgan fingerprint density at radius 1 is 1.61 bits per heavy atom. The van der Waals surface area contributed by atoms with Gasteiger partial charge in [0.1, 0.15) is 0 Å². The van der Waals surface area contributed by atoms with E-state index in [1.807, 2.05) is 6.08 Å². The summed E-state index contributed by atoms with van der Waals surface area (Å²) in [6, 6.07) is 0.278. The third-order valence-corrected chi connectivity index (χ3v) is 2.45. The molecule has 0 fully saturated rings. The summed E-state index contributed by atoms with van der Waals surface area (Å²) in [5.41, 5.74) is 3.45. The monoisotopic (exact) mass is 252 g/mol. The molecule has 1 unspecified atom stereocenters. The Hall–Kier alpha value is -1.72. The van der Waals surface area contributed by atoms with Crippen molar-refractivity contribution in [3.05, 3.63) is 11.9 Å². The van der Waals surface area contributed by atoms with Crippen molar-refractivity contribution < 1.29 is 9.53 Å². The van der Waals surface area contributed by atoms with Crippen LogP contribution < -0.4 is 5.43 Å². The fraction of sp³-hybridized carbons (Fsp3) is 0.667. The average molecular weight is 252 g/mol. The van der Waals surface area contributed by atoms with Gasteiger partial charge in [0, 0.05) is 5.71 Å². The van der Waals surface area contributed by atoms with Crippen molar-refractivity contribution in [2.45, 2.75) is 46.1 Å². The predicted octanol–water partition coefficient (Wildman–Crippen LogP) is 2.38. The molecule has 1 heterocycles. The summed E-state index contributed by atoms with van der Waals surface area (Å²) in [4.78, 5) is 11.2. The number of esters is 1. The molecule has 1 rings (SSSR count). The zero-order valence-electron chi connectivity index (χ0n) is 11.1. The first-order valence-electron chi connectivity index (χ1n) is 6.21. The number of nitrogens with zero attached hydrogens (tertiary/aromatic N) is 3. The molecule has 18 heavy (non-hydrogen) atoms. The zero-order valence-corrected chi connectivity index (χ0v) is 11.1. The summed E-state index contributed by atoms with van der Waals surface area (Å²) in [5.74, 6) is 0.355. The molecule has 0 aliphatic carbocycles. The predicted molar refractivity (Wildman–Crippen MR) is 69.1 cm³/mol. The maximum absolute atomic E-state index is 11.2. The highest BCUT2D eigenvalue weighted by atomic mass is 16.5. The molecule has 0 aromatic heterocycles. The van der Waals surface area contributed by atoms with Crippen molar-refractivity contribution in [3.63, 3.8) is 0 Å². The standard InChI is InChI=1S/C12H20N4O2/c1-4-10-6-7-11(16-14-10)15-13-9(3)8-12(17)18-5-2/h7,10,15H,4-6,8H2,1-3H3/b13-9-. The Bertz CT molecular complexity index is 374. The van der Waals surface area contributed by atoms with E-state index in [0.717, 1.165) is 12.8 Å². The number of carbonyl (C=O) groups excluding carboxylic acids is 1. The van der Waals surface area contributed by atoms with E-state index in [0.29, 0.717) is 18.1 Å². The number of rotatable bonds is 6. The first-order chi connectivity index (χ1) is 8.65. The quantitative estimate of drug-likeness (QED) is 0.448. The highest BCUT2D eigenvalue weighted by Gasteiger charge is 2.09. The summed E-state index contributed by atoms with van der Waals surface area (Å²) in [6.45, 7) is 6.01. The summed E-state index contributed by atoms with van der Waals surface area (Å²) >= 11 is 0. The van der Waals surface area contributed by atoms with E-state index in [1.54, 1.807) is 13.8 Å². The highest BCUT2D eigenvalue weighted by Crippen LogP contribution is 2.13. The van der Waals surface area contributed by atoms with Gasteiger partial charge in [-0.1, -0.05) is 6.92 Å². The molecule has 0 amide bonds. The van der Waals surface area contributed by atoms with Gasteiger partial charge in [-0.15, -0.1) is 5.11 Å². The lowest BCUT2D eigenvalue weighted by molar-refractivity contribution is -0.141. The van der Waals surface area contributed by atoms with Crippen LogP contribution in [0, 0.1) is 0 Å². The van der Waals surface area contributed by atoms with Gasteiger partial charge in [0.05, 0.1) is 19.1 Å². The zero-order chi connectivity index (χ0) is 13.4. The molecule has 0 aromatic rings. The average Bonchev–Trinajstić information content (AvgIpc) is 2.37.